The van der Waals surface area contributed by atoms with Crippen molar-refractivity contribution in [2.24, 2.45) is 0 Å². The third-order valence-corrected chi connectivity index (χ3v) is 5.12. The summed E-state index contributed by atoms with van der Waals surface area (Å²) in [5.74, 6) is 0.485. The molecule has 1 aliphatic heterocycles. The van der Waals surface area contributed by atoms with E-state index in [2.05, 4.69) is 20.2 Å². The lowest BCUT2D eigenvalue weighted by Crippen LogP contribution is -2.48. The summed E-state index contributed by atoms with van der Waals surface area (Å²) in [5, 5.41) is 3.94. The summed E-state index contributed by atoms with van der Waals surface area (Å²) in [6.07, 6.45) is 2.15. The van der Waals surface area contributed by atoms with Crippen LogP contribution in [0, 0.1) is 0 Å². The molecule has 2 aromatic heterocycles. The number of aromatic nitrogens is 2. The minimum absolute atomic E-state index is 0.0222. The summed E-state index contributed by atoms with van der Waals surface area (Å²) in [6.45, 7) is 16.6. The van der Waals surface area contributed by atoms with E-state index in [-0.39, 0.29) is 11.9 Å². The molecule has 3 aromatic rings. The first-order valence-corrected chi connectivity index (χ1v) is 13.3. The Morgan fingerprint density at radius 1 is 0.974 bits per heavy atom. The number of aldehydes is 1. The van der Waals surface area contributed by atoms with E-state index in [0.717, 1.165) is 36.1 Å². The van der Waals surface area contributed by atoms with Gasteiger partial charge in [-0.2, -0.15) is 0 Å². The molecule has 3 heterocycles. The SMILES string of the molecule is CC.CC.CC.CN1CCN(C(=O)Oc2ccc(C=O)cc2)CC1.CNc1cnc2[nH]c(C(C)=O)cc2c1. The van der Waals surface area contributed by atoms with Crippen LogP contribution in [0.4, 0.5) is 10.5 Å². The summed E-state index contributed by atoms with van der Waals surface area (Å²) in [6, 6.07) is 10.3. The minimum atomic E-state index is -0.332. The van der Waals surface area contributed by atoms with Crippen molar-refractivity contribution in [3.05, 3.63) is 53.9 Å². The maximum Gasteiger partial charge on any atom is 0.415 e. The maximum atomic E-state index is 11.8. The number of ketones is 1. The number of H-pyrrole nitrogens is 1. The number of rotatable bonds is 4. The second kappa shape index (κ2) is 19.4. The number of amides is 1. The van der Waals surface area contributed by atoms with Gasteiger partial charge in [-0.1, -0.05) is 41.5 Å². The fourth-order valence-corrected chi connectivity index (χ4v) is 3.11. The molecule has 1 saturated heterocycles. The Balaban J connectivity index is 0.000000614. The van der Waals surface area contributed by atoms with E-state index in [0.29, 0.717) is 30.1 Å². The van der Waals surface area contributed by atoms with Crippen molar-refractivity contribution >= 4 is 34.9 Å². The molecule has 4 rings (SSSR count). The van der Waals surface area contributed by atoms with Crippen LogP contribution < -0.4 is 10.1 Å². The number of nitrogens with zero attached hydrogens (tertiary/aromatic N) is 3. The van der Waals surface area contributed by atoms with Crippen molar-refractivity contribution in [3.8, 4) is 5.75 Å². The molecule has 1 aliphatic rings. The highest BCUT2D eigenvalue weighted by molar-refractivity contribution is 5.97. The first-order valence-electron chi connectivity index (χ1n) is 13.3. The molecule has 0 spiro atoms. The quantitative estimate of drug-likeness (QED) is 0.310. The van der Waals surface area contributed by atoms with E-state index in [1.807, 2.05) is 67.8 Å². The highest BCUT2D eigenvalue weighted by Gasteiger charge is 2.20. The Morgan fingerprint density at radius 2 is 1.55 bits per heavy atom. The van der Waals surface area contributed by atoms with Gasteiger partial charge in [0.05, 0.1) is 17.6 Å². The lowest BCUT2D eigenvalue weighted by Gasteiger charge is -2.31. The second-order valence-electron chi connectivity index (χ2n) is 7.50. The molecule has 1 aromatic carbocycles. The number of aromatic amines is 1. The zero-order valence-corrected chi connectivity index (χ0v) is 24.4. The molecule has 0 radical (unpaired) electrons. The number of carbonyl (C=O) groups excluding carboxylic acids is 3. The van der Waals surface area contributed by atoms with Gasteiger partial charge in [0.1, 0.15) is 17.7 Å². The number of piperazine rings is 1. The third kappa shape index (κ3) is 11.1. The van der Waals surface area contributed by atoms with E-state index < -0.39 is 0 Å². The zero-order chi connectivity index (χ0) is 29.1. The lowest BCUT2D eigenvalue weighted by molar-refractivity contribution is 0.101. The van der Waals surface area contributed by atoms with E-state index in [1.54, 1.807) is 35.4 Å². The Bertz CT molecular complexity index is 1090. The van der Waals surface area contributed by atoms with Gasteiger partial charge in [0.2, 0.25) is 0 Å². The predicted molar refractivity (Wildman–Crippen MR) is 157 cm³/mol. The molecule has 1 fully saturated rings. The molecule has 1 amide bonds. The number of Topliss-reactive ketones (excluding diaryl/α,β-unsaturated/α-hetero) is 1. The van der Waals surface area contributed by atoms with Crippen LogP contribution in [0.5, 0.6) is 5.75 Å². The molecule has 0 saturated carbocycles. The molecular formula is C29H45N5O4. The summed E-state index contributed by atoms with van der Waals surface area (Å²) in [5.41, 5.74) is 2.84. The van der Waals surface area contributed by atoms with Gasteiger partial charge in [-0.25, -0.2) is 9.78 Å². The number of fused-ring (bicyclic) bond motifs is 1. The number of benzene rings is 1. The van der Waals surface area contributed by atoms with Crippen LogP contribution in [0.3, 0.4) is 0 Å². The summed E-state index contributed by atoms with van der Waals surface area (Å²) >= 11 is 0. The van der Waals surface area contributed by atoms with E-state index in [9.17, 15) is 14.4 Å². The molecule has 9 nitrogen and oxygen atoms in total. The second-order valence-corrected chi connectivity index (χ2v) is 7.50. The van der Waals surface area contributed by atoms with Gasteiger partial charge in [0, 0.05) is 51.1 Å². The van der Waals surface area contributed by atoms with Gasteiger partial charge in [-0.3, -0.25) is 9.59 Å². The zero-order valence-electron chi connectivity index (χ0n) is 24.4. The van der Waals surface area contributed by atoms with Crippen molar-refractivity contribution in [2.45, 2.75) is 48.5 Å². The molecule has 38 heavy (non-hydrogen) atoms. The average Bonchev–Trinajstić information content (AvgIpc) is 3.41. The van der Waals surface area contributed by atoms with Gasteiger partial charge < -0.3 is 24.8 Å². The van der Waals surface area contributed by atoms with Crippen LogP contribution in [-0.2, 0) is 0 Å². The summed E-state index contributed by atoms with van der Waals surface area (Å²) in [7, 11) is 3.86. The van der Waals surface area contributed by atoms with Gasteiger partial charge in [-0.15, -0.1) is 0 Å². The molecule has 2 N–H and O–H groups in total. The number of carbonyl (C=O) groups is 3. The molecule has 0 atom stereocenters. The molecular weight excluding hydrogens is 482 g/mol. The maximum absolute atomic E-state index is 11.8. The van der Waals surface area contributed by atoms with Crippen LogP contribution in [0.15, 0.2) is 42.6 Å². The predicted octanol–water partition coefficient (Wildman–Crippen LogP) is 6.13. The van der Waals surface area contributed by atoms with Gasteiger partial charge in [-0.05, 0) is 43.4 Å². The number of nitrogens with one attached hydrogen (secondary N) is 2. The van der Waals surface area contributed by atoms with E-state index in [1.165, 1.54) is 6.92 Å². The van der Waals surface area contributed by atoms with Crippen molar-refractivity contribution in [1.82, 2.24) is 19.8 Å². The largest absolute Gasteiger partial charge is 0.415 e. The van der Waals surface area contributed by atoms with Crippen LogP contribution in [0.25, 0.3) is 11.0 Å². The molecule has 210 valence electrons. The number of anilines is 1. The Labute approximate surface area is 227 Å². The Hall–Kier alpha value is -3.72. The average molecular weight is 528 g/mol. The first-order chi connectivity index (χ1) is 18.4. The first kappa shape index (κ1) is 34.3. The van der Waals surface area contributed by atoms with Gasteiger partial charge >= 0.3 is 6.09 Å². The highest BCUT2D eigenvalue weighted by Crippen LogP contribution is 2.17. The molecule has 0 aliphatic carbocycles. The van der Waals surface area contributed by atoms with E-state index in [4.69, 9.17) is 4.74 Å². The van der Waals surface area contributed by atoms with E-state index >= 15 is 0 Å². The molecule has 0 unspecified atom stereocenters. The van der Waals surface area contributed by atoms with Crippen molar-refractivity contribution < 1.29 is 19.1 Å². The fourth-order valence-electron chi connectivity index (χ4n) is 3.11. The Kier molecular flexibility index (Phi) is 17.5. The normalized spacial score (nSPS) is 12.1. The number of hydrogen-bond acceptors (Lipinski definition) is 7. The van der Waals surface area contributed by atoms with Crippen molar-refractivity contribution in [2.75, 3.05) is 45.6 Å². The minimum Gasteiger partial charge on any atom is -0.410 e. The van der Waals surface area contributed by atoms with Gasteiger partial charge in [0.15, 0.2) is 5.78 Å². The highest BCUT2D eigenvalue weighted by atomic mass is 16.6. The van der Waals surface area contributed by atoms with Gasteiger partial charge in [0.25, 0.3) is 0 Å². The Morgan fingerprint density at radius 3 is 2.05 bits per heavy atom. The van der Waals surface area contributed by atoms with Crippen molar-refractivity contribution in [1.29, 1.82) is 0 Å². The topological polar surface area (TPSA) is 108 Å². The van der Waals surface area contributed by atoms with Crippen molar-refractivity contribution in [3.63, 3.8) is 0 Å². The third-order valence-electron chi connectivity index (χ3n) is 5.12. The standard InChI is InChI=1S/C13H16N2O3.C10H11N3O.3C2H6/c1-14-6-8-15(9-7-14)13(17)18-12-4-2-11(10-16)3-5-12;1-6(14)9-4-7-3-8(11-2)5-12-10(7)13-9;3*1-2/h2-5,10H,6-9H2,1H3;3-5,11H,1-2H3,(H,12,13);3*1-2H3. The smallest absolute Gasteiger partial charge is 0.410 e. The fraction of sp³-hybridized carbons (Fsp3) is 0.448. The van der Waals surface area contributed by atoms with Crippen LogP contribution in [0.1, 0.15) is 69.3 Å². The number of hydrogen-bond donors (Lipinski definition) is 2. The monoisotopic (exact) mass is 527 g/mol. The number of ether oxygens (including phenoxy) is 1. The summed E-state index contributed by atoms with van der Waals surface area (Å²) in [4.78, 5) is 44.4. The number of pyridine rings is 1. The van der Waals surface area contributed by atoms with Crippen LogP contribution in [-0.4, -0.2) is 78.2 Å². The number of likely N-dealkylation sites (N-methyl/N-ethyl adjacent to an activating group) is 1. The molecule has 9 heteroatoms. The van der Waals surface area contributed by atoms with Crippen LogP contribution >= 0.6 is 0 Å². The lowest BCUT2D eigenvalue weighted by atomic mass is 10.2. The van der Waals surface area contributed by atoms with Crippen LogP contribution in [0.2, 0.25) is 0 Å². The molecule has 0 bridgehead atoms. The summed E-state index contributed by atoms with van der Waals surface area (Å²) < 4.78 is 5.24.